The maximum absolute atomic E-state index is 6.12. The van der Waals surface area contributed by atoms with E-state index < -0.39 is 0 Å². The Morgan fingerprint density at radius 3 is 2.45 bits per heavy atom. The van der Waals surface area contributed by atoms with E-state index >= 15 is 0 Å². The molecule has 0 aromatic carbocycles. The fourth-order valence-corrected chi connectivity index (χ4v) is 3.24. The van der Waals surface area contributed by atoms with Gasteiger partial charge in [0.1, 0.15) is 0 Å². The Labute approximate surface area is 125 Å². The molecule has 110 valence electrons. The molecule has 5 nitrogen and oxygen atoms in total. The fraction of sp³-hybridized carbons (Fsp3) is 0.786. The predicted molar refractivity (Wildman–Crippen MR) is 81.5 cm³/mol. The second-order valence-corrected chi connectivity index (χ2v) is 6.42. The first-order valence-electron chi connectivity index (χ1n) is 7.56. The van der Waals surface area contributed by atoms with Crippen molar-refractivity contribution in [2.45, 2.75) is 45.6 Å². The summed E-state index contributed by atoms with van der Waals surface area (Å²) in [4.78, 5) is 17.8. The maximum atomic E-state index is 6.12. The van der Waals surface area contributed by atoms with Gasteiger partial charge in [0.05, 0.1) is 0 Å². The number of nitrogens with zero attached hydrogens (tertiary/aromatic N) is 5. The predicted octanol–water partition coefficient (Wildman–Crippen LogP) is 2.75. The van der Waals surface area contributed by atoms with E-state index in [9.17, 15) is 0 Å². The van der Waals surface area contributed by atoms with Crippen molar-refractivity contribution in [1.29, 1.82) is 0 Å². The summed E-state index contributed by atoms with van der Waals surface area (Å²) in [6, 6.07) is 0.469. The van der Waals surface area contributed by atoms with Crippen molar-refractivity contribution in [2.75, 3.05) is 29.4 Å². The lowest BCUT2D eigenvalue weighted by molar-refractivity contribution is 0.385. The Bertz CT molecular complexity index is 475. The van der Waals surface area contributed by atoms with Crippen LogP contribution in [-0.2, 0) is 0 Å². The molecule has 2 aliphatic heterocycles. The van der Waals surface area contributed by atoms with Crippen LogP contribution in [0.2, 0.25) is 5.28 Å². The Balaban J connectivity index is 1.88. The smallest absolute Gasteiger partial charge is 0.231 e. The molecule has 3 heterocycles. The molecule has 2 aliphatic rings. The van der Waals surface area contributed by atoms with Gasteiger partial charge in [-0.1, -0.05) is 6.92 Å². The molecule has 0 bridgehead atoms. The molecular weight excluding hydrogens is 274 g/mol. The van der Waals surface area contributed by atoms with Crippen molar-refractivity contribution in [3.8, 4) is 0 Å². The molecule has 6 heteroatoms. The number of piperidine rings is 1. The Morgan fingerprint density at radius 2 is 1.70 bits per heavy atom. The van der Waals surface area contributed by atoms with Crippen LogP contribution in [0.25, 0.3) is 0 Å². The highest BCUT2D eigenvalue weighted by Crippen LogP contribution is 2.27. The van der Waals surface area contributed by atoms with Gasteiger partial charge in [-0.25, -0.2) is 0 Å². The molecule has 1 aromatic rings. The molecule has 0 N–H and O–H groups in total. The largest absolute Gasteiger partial charge is 0.341 e. The van der Waals surface area contributed by atoms with Crippen molar-refractivity contribution in [1.82, 2.24) is 15.0 Å². The van der Waals surface area contributed by atoms with Gasteiger partial charge < -0.3 is 9.80 Å². The minimum atomic E-state index is 0.308. The summed E-state index contributed by atoms with van der Waals surface area (Å²) in [5.74, 6) is 2.16. The third-order valence-electron chi connectivity index (χ3n) is 4.35. The second kappa shape index (κ2) is 5.72. The van der Waals surface area contributed by atoms with Gasteiger partial charge in [0.15, 0.2) is 0 Å². The number of anilines is 2. The van der Waals surface area contributed by atoms with E-state index in [1.807, 2.05) is 0 Å². The molecule has 0 saturated carbocycles. The summed E-state index contributed by atoms with van der Waals surface area (Å²) >= 11 is 6.12. The Hall–Kier alpha value is -1.10. The van der Waals surface area contributed by atoms with Gasteiger partial charge in [-0.3, -0.25) is 0 Å². The van der Waals surface area contributed by atoms with Gasteiger partial charge in [-0.15, -0.1) is 0 Å². The summed E-state index contributed by atoms with van der Waals surface area (Å²) in [5.41, 5.74) is 0. The molecule has 2 unspecified atom stereocenters. The molecule has 1 aromatic heterocycles. The van der Waals surface area contributed by atoms with Gasteiger partial charge in [0.2, 0.25) is 17.2 Å². The standard InChI is InChI=1S/C14H22ClN5/c1-10-5-6-11(2)20(9-10)14-17-12(15)16-13(18-14)19-7-3-4-8-19/h10-11H,3-9H2,1-2H3. The van der Waals surface area contributed by atoms with Crippen LogP contribution >= 0.6 is 11.6 Å². The number of rotatable bonds is 2. The first kappa shape index (κ1) is 13.9. The molecule has 0 aliphatic carbocycles. The van der Waals surface area contributed by atoms with Crippen LogP contribution in [0, 0.1) is 5.92 Å². The summed E-state index contributed by atoms with van der Waals surface area (Å²) in [6.07, 6.45) is 4.87. The zero-order chi connectivity index (χ0) is 14.1. The van der Waals surface area contributed by atoms with Crippen molar-refractivity contribution in [3.63, 3.8) is 0 Å². The maximum Gasteiger partial charge on any atom is 0.231 e. The zero-order valence-electron chi connectivity index (χ0n) is 12.2. The van der Waals surface area contributed by atoms with E-state index in [-0.39, 0.29) is 0 Å². The number of hydrogen-bond acceptors (Lipinski definition) is 5. The van der Waals surface area contributed by atoms with Crippen molar-refractivity contribution < 1.29 is 0 Å². The van der Waals surface area contributed by atoms with E-state index in [2.05, 4.69) is 38.6 Å². The van der Waals surface area contributed by atoms with Crippen LogP contribution in [0.5, 0.6) is 0 Å². The first-order valence-corrected chi connectivity index (χ1v) is 7.94. The van der Waals surface area contributed by atoms with Crippen molar-refractivity contribution in [2.24, 2.45) is 5.92 Å². The fourth-order valence-electron chi connectivity index (χ4n) is 3.08. The SMILES string of the molecule is CC1CCC(C)N(c2nc(Cl)nc(N3CCCC3)n2)C1. The molecule has 20 heavy (non-hydrogen) atoms. The number of halogens is 1. The van der Waals surface area contributed by atoms with Crippen LogP contribution in [0.4, 0.5) is 11.9 Å². The summed E-state index contributed by atoms with van der Waals surface area (Å²) in [5, 5.41) is 0.308. The highest BCUT2D eigenvalue weighted by atomic mass is 35.5. The average Bonchev–Trinajstić information content (AvgIpc) is 2.95. The van der Waals surface area contributed by atoms with E-state index in [0.717, 1.165) is 31.5 Å². The van der Waals surface area contributed by atoms with E-state index in [1.165, 1.54) is 25.7 Å². The Morgan fingerprint density at radius 1 is 1.00 bits per heavy atom. The van der Waals surface area contributed by atoms with Crippen LogP contribution in [0.1, 0.15) is 39.5 Å². The molecule has 3 rings (SSSR count). The van der Waals surface area contributed by atoms with Crippen LogP contribution in [0.15, 0.2) is 0 Å². The average molecular weight is 296 g/mol. The molecular formula is C14H22ClN5. The second-order valence-electron chi connectivity index (χ2n) is 6.08. The van der Waals surface area contributed by atoms with Crippen molar-refractivity contribution in [3.05, 3.63) is 5.28 Å². The Kier molecular flexibility index (Phi) is 3.96. The van der Waals surface area contributed by atoms with E-state index in [4.69, 9.17) is 11.6 Å². The van der Waals surface area contributed by atoms with E-state index in [1.54, 1.807) is 0 Å². The zero-order valence-corrected chi connectivity index (χ0v) is 13.0. The normalized spacial score (nSPS) is 27.1. The van der Waals surface area contributed by atoms with Crippen LogP contribution in [-0.4, -0.2) is 40.6 Å². The minimum absolute atomic E-state index is 0.308. The van der Waals surface area contributed by atoms with Crippen molar-refractivity contribution >= 4 is 23.5 Å². The monoisotopic (exact) mass is 295 g/mol. The van der Waals surface area contributed by atoms with E-state index in [0.29, 0.717) is 17.2 Å². The molecule has 0 amide bonds. The molecule has 0 radical (unpaired) electrons. The first-order chi connectivity index (χ1) is 9.63. The van der Waals surface area contributed by atoms with Crippen LogP contribution in [0.3, 0.4) is 0 Å². The van der Waals surface area contributed by atoms with Gasteiger partial charge in [-0.05, 0) is 50.1 Å². The highest BCUT2D eigenvalue weighted by Gasteiger charge is 2.26. The third kappa shape index (κ3) is 2.82. The summed E-state index contributed by atoms with van der Waals surface area (Å²) in [6.45, 7) is 7.56. The minimum Gasteiger partial charge on any atom is -0.341 e. The van der Waals surface area contributed by atoms with Gasteiger partial charge in [0, 0.05) is 25.7 Å². The highest BCUT2D eigenvalue weighted by molar-refractivity contribution is 6.28. The molecule has 0 spiro atoms. The lowest BCUT2D eigenvalue weighted by Gasteiger charge is -2.37. The van der Waals surface area contributed by atoms with Crippen LogP contribution < -0.4 is 9.80 Å². The summed E-state index contributed by atoms with van der Waals surface area (Å²) in [7, 11) is 0. The topological polar surface area (TPSA) is 45.2 Å². The molecule has 2 atom stereocenters. The molecule has 2 fully saturated rings. The lowest BCUT2D eigenvalue weighted by atomic mass is 9.95. The van der Waals surface area contributed by atoms with Gasteiger partial charge in [0.25, 0.3) is 0 Å². The lowest BCUT2D eigenvalue weighted by Crippen LogP contribution is -2.42. The number of hydrogen-bond donors (Lipinski definition) is 0. The molecule has 2 saturated heterocycles. The van der Waals surface area contributed by atoms with Gasteiger partial charge in [-0.2, -0.15) is 15.0 Å². The number of aromatic nitrogens is 3. The quantitative estimate of drug-likeness (QED) is 0.839. The third-order valence-corrected chi connectivity index (χ3v) is 4.52. The van der Waals surface area contributed by atoms with Gasteiger partial charge >= 0.3 is 0 Å². The summed E-state index contributed by atoms with van der Waals surface area (Å²) < 4.78 is 0.